The summed E-state index contributed by atoms with van der Waals surface area (Å²) < 4.78 is 26.4. The summed E-state index contributed by atoms with van der Waals surface area (Å²) in [5.74, 6) is -1.08. The summed E-state index contributed by atoms with van der Waals surface area (Å²) in [4.78, 5) is 11.1. The molecule has 0 amide bonds. The van der Waals surface area contributed by atoms with Crippen molar-refractivity contribution in [2.75, 3.05) is 4.72 Å². The highest BCUT2D eigenvalue weighted by Gasteiger charge is 2.22. The zero-order valence-corrected chi connectivity index (χ0v) is 11.3. The maximum Gasteiger partial charge on any atom is 0.345 e. The van der Waals surface area contributed by atoms with Gasteiger partial charge in [0.15, 0.2) is 5.82 Å². The van der Waals surface area contributed by atoms with Crippen molar-refractivity contribution < 1.29 is 18.3 Å². The first-order chi connectivity index (χ1) is 8.90. The van der Waals surface area contributed by atoms with Gasteiger partial charge in [0.2, 0.25) is 0 Å². The molecule has 2 aromatic rings. The molecule has 2 N–H and O–H groups in total. The third-order valence-corrected chi connectivity index (χ3v) is 4.83. The zero-order valence-electron chi connectivity index (χ0n) is 9.69. The van der Waals surface area contributed by atoms with Crippen molar-refractivity contribution in [3.05, 3.63) is 34.2 Å². The Balaban J connectivity index is 2.37. The Morgan fingerprint density at radius 3 is 2.74 bits per heavy atom. The molecule has 2 rings (SSSR count). The number of sulfonamides is 1. The third-order valence-electron chi connectivity index (χ3n) is 2.18. The lowest BCUT2D eigenvalue weighted by atomic mass is 10.4. The van der Waals surface area contributed by atoms with Gasteiger partial charge in [-0.15, -0.1) is 16.4 Å². The van der Waals surface area contributed by atoms with E-state index in [-0.39, 0.29) is 15.6 Å². The van der Waals surface area contributed by atoms with Crippen LogP contribution in [0.5, 0.6) is 0 Å². The van der Waals surface area contributed by atoms with Crippen LogP contribution in [0.15, 0.2) is 29.3 Å². The second-order valence-corrected chi connectivity index (χ2v) is 6.46. The average Bonchev–Trinajstić information content (AvgIpc) is 2.73. The minimum atomic E-state index is -3.86. The number of hydrogen-bond donors (Lipinski definition) is 2. The SMILES string of the molecule is Cc1sc(C(=O)O)cc1S(=O)(=O)Nc1cccnn1. The number of carboxylic acids is 1. The number of anilines is 1. The predicted molar refractivity (Wildman–Crippen MR) is 68.9 cm³/mol. The lowest BCUT2D eigenvalue weighted by molar-refractivity contribution is 0.0702. The van der Waals surface area contributed by atoms with E-state index in [0.29, 0.717) is 4.88 Å². The predicted octanol–water partition coefficient (Wildman–Crippen LogP) is 1.35. The summed E-state index contributed by atoms with van der Waals surface area (Å²) in [5, 5.41) is 16.0. The molecule has 0 spiro atoms. The molecule has 2 aromatic heterocycles. The molecule has 0 unspecified atom stereocenters. The van der Waals surface area contributed by atoms with E-state index in [0.717, 1.165) is 17.4 Å². The van der Waals surface area contributed by atoms with Crippen molar-refractivity contribution in [3.63, 3.8) is 0 Å². The van der Waals surface area contributed by atoms with E-state index >= 15 is 0 Å². The van der Waals surface area contributed by atoms with Gasteiger partial charge in [0.25, 0.3) is 10.0 Å². The Bertz CT molecular complexity index is 710. The fourth-order valence-corrected chi connectivity index (χ4v) is 3.81. The van der Waals surface area contributed by atoms with Crippen LogP contribution in [0, 0.1) is 6.92 Å². The largest absolute Gasteiger partial charge is 0.477 e. The molecule has 0 saturated heterocycles. The van der Waals surface area contributed by atoms with E-state index in [1.165, 1.54) is 18.3 Å². The molecule has 19 heavy (non-hydrogen) atoms. The highest BCUT2D eigenvalue weighted by molar-refractivity contribution is 7.93. The number of nitrogens with zero attached hydrogens (tertiary/aromatic N) is 2. The maximum absolute atomic E-state index is 12.1. The van der Waals surface area contributed by atoms with Gasteiger partial charge in [-0.1, -0.05) is 0 Å². The van der Waals surface area contributed by atoms with Gasteiger partial charge in [-0.05, 0) is 25.1 Å². The zero-order chi connectivity index (χ0) is 14.0. The Kier molecular flexibility index (Phi) is 3.49. The summed E-state index contributed by atoms with van der Waals surface area (Å²) in [6, 6.07) is 4.11. The molecule has 0 aliphatic rings. The van der Waals surface area contributed by atoms with Crippen LogP contribution in [0.1, 0.15) is 14.5 Å². The van der Waals surface area contributed by atoms with Gasteiger partial charge in [0.1, 0.15) is 9.77 Å². The van der Waals surface area contributed by atoms with Gasteiger partial charge < -0.3 is 5.11 Å². The van der Waals surface area contributed by atoms with Crippen LogP contribution in [0.3, 0.4) is 0 Å². The van der Waals surface area contributed by atoms with E-state index in [2.05, 4.69) is 14.9 Å². The summed E-state index contributed by atoms with van der Waals surface area (Å²) in [7, 11) is -3.86. The molecular formula is C10H9N3O4S2. The highest BCUT2D eigenvalue weighted by Crippen LogP contribution is 2.26. The smallest absolute Gasteiger partial charge is 0.345 e. The fraction of sp³-hybridized carbons (Fsp3) is 0.100. The lowest BCUT2D eigenvalue weighted by Crippen LogP contribution is -2.14. The first-order valence-electron chi connectivity index (χ1n) is 5.04. The van der Waals surface area contributed by atoms with Crippen LogP contribution in [-0.2, 0) is 10.0 Å². The van der Waals surface area contributed by atoms with Crippen molar-refractivity contribution in [2.24, 2.45) is 0 Å². The van der Waals surface area contributed by atoms with E-state index in [4.69, 9.17) is 5.11 Å². The van der Waals surface area contributed by atoms with Crippen LogP contribution < -0.4 is 4.72 Å². The van der Waals surface area contributed by atoms with Gasteiger partial charge in [-0.2, -0.15) is 5.10 Å². The number of carbonyl (C=O) groups is 1. The summed E-state index contributed by atoms with van der Waals surface area (Å²) >= 11 is 0.905. The van der Waals surface area contributed by atoms with Gasteiger partial charge in [0.05, 0.1) is 0 Å². The van der Waals surface area contributed by atoms with E-state index in [9.17, 15) is 13.2 Å². The van der Waals surface area contributed by atoms with Crippen molar-refractivity contribution in [3.8, 4) is 0 Å². The van der Waals surface area contributed by atoms with Crippen LogP contribution in [-0.4, -0.2) is 29.7 Å². The summed E-state index contributed by atoms with van der Waals surface area (Å²) in [6.45, 7) is 1.54. The normalized spacial score (nSPS) is 11.2. The number of rotatable bonds is 4. The highest BCUT2D eigenvalue weighted by atomic mass is 32.2. The number of hydrogen-bond acceptors (Lipinski definition) is 6. The van der Waals surface area contributed by atoms with Crippen molar-refractivity contribution in [2.45, 2.75) is 11.8 Å². The number of carboxylic acid groups (broad SMARTS) is 1. The third kappa shape index (κ3) is 2.88. The van der Waals surface area contributed by atoms with Gasteiger partial charge in [0, 0.05) is 11.1 Å². The van der Waals surface area contributed by atoms with Crippen LogP contribution in [0.2, 0.25) is 0 Å². The number of thiophene rings is 1. The van der Waals surface area contributed by atoms with Crippen LogP contribution >= 0.6 is 11.3 Å². The molecule has 0 atom stereocenters. The number of aryl methyl sites for hydroxylation is 1. The molecule has 9 heteroatoms. The maximum atomic E-state index is 12.1. The number of aromatic nitrogens is 2. The first kappa shape index (κ1) is 13.4. The first-order valence-corrected chi connectivity index (χ1v) is 7.34. The molecule has 2 heterocycles. The molecule has 0 aliphatic heterocycles. The Hall–Kier alpha value is -2.00. The molecule has 0 aliphatic carbocycles. The lowest BCUT2D eigenvalue weighted by Gasteiger charge is -2.05. The van der Waals surface area contributed by atoms with Crippen LogP contribution in [0.25, 0.3) is 0 Å². The van der Waals surface area contributed by atoms with Gasteiger partial charge in [-0.25, -0.2) is 13.2 Å². The minimum Gasteiger partial charge on any atom is -0.477 e. The molecule has 0 saturated carbocycles. The standard InChI is InChI=1S/C10H9N3O4S2/c1-6-8(5-7(18-6)10(14)15)19(16,17)13-9-3-2-4-11-12-9/h2-5H,1H3,(H,12,13)(H,14,15). The van der Waals surface area contributed by atoms with E-state index in [1.54, 1.807) is 6.92 Å². The number of nitrogens with one attached hydrogen (secondary N) is 1. The fourth-order valence-electron chi connectivity index (χ4n) is 1.39. The molecule has 0 bridgehead atoms. The molecule has 0 fully saturated rings. The average molecular weight is 299 g/mol. The van der Waals surface area contributed by atoms with Crippen molar-refractivity contribution in [1.29, 1.82) is 0 Å². The Labute approximate surface area is 113 Å². The molecular weight excluding hydrogens is 290 g/mol. The van der Waals surface area contributed by atoms with Gasteiger partial charge >= 0.3 is 5.97 Å². The second-order valence-electron chi connectivity index (χ2n) is 3.55. The summed E-state index contributed by atoms with van der Waals surface area (Å²) in [5.41, 5.74) is 0. The minimum absolute atomic E-state index is 0.0305. The van der Waals surface area contributed by atoms with E-state index in [1.807, 2.05) is 0 Å². The van der Waals surface area contributed by atoms with Crippen LogP contribution in [0.4, 0.5) is 5.82 Å². The number of aromatic carboxylic acids is 1. The van der Waals surface area contributed by atoms with Gasteiger partial charge in [-0.3, -0.25) is 4.72 Å². The van der Waals surface area contributed by atoms with E-state index < -0.39 is 16.0 Å². The summed E-state index contributed by atoms with van der Waals surface area (Å²) in [6.07, 6.45) is 1.41. The van der Waals surface area contributed by atoms with Crippen molar-refractivity contribution >= 4 is 33.1 Å². The molecule has 100 valence electrons. The topological polar surface area (TPSA) is 109 Å². The monoisotopic (exact) mass is 299 g/mol. The molecule has 0 aromatic carbocycles. The Morgan fingerprint density at radius 1 is 1.47 bits per heavy atom. The Morgan fingerprint density at radius 2 is 2.21 bits per heavy atom. The second kappa shape index (κ2) is 4.94. The molecule has 0 radical (unpaired) electrons. The molecule has 7 nitrogen and oxygen atoms in total. The van der Waals surface area contributed by atoms with Crippen molar-refractivity contribution in [1.82, 2.24) is 10.2 Å². The quantitative estimate of drug-likeness (QED) is 0.881.